The molecule has 0 aliphatic heterocycles. The van der Waals surface area contributed by atoms with Gasteiger partial charge in [-0.1, -0.05) is 36.2 Å². The Morgan fingerprint density at radius 1 is 1.50 bits per heavy atom. The van der Waals surface area contributed by atoms with Crippen molar-refractivity contribution in [2.24, 2.45) is 5.92 Å². The van der Waals surface area contributed by atoms with Crippen LogP contribution in [0.1, 0.15) is 25.8 Å². The van der Waals surface area contributed by atoms with E-state index in [2.05, 4.69) is 40.7 Å². The molecule has 0 N–H and O–H groups in total. The van der Waals surface area contributed by atoms with Crippen LogP contribution in [0.4, 0.5) is 5.69 Å². The lowest BCUT2D eigenvalue weighted by molar-refractivity contribution is 0.559. The lowest BCUT2D eigenvalue weighted by Crippen LogP contribution is -2.24. The van der Waals surface area contributed by atoms with E-state index in [-0.39, 0.29) is 0 Å². The molecule has 86 valence electrons. The van der Waals surface area contributed by atoms with Gasteiger partial charge in [-0.3, -0.25) is 0 Å². The minimum atomic E-state index is 0.635. The Morgan fingerprint density at radius 3 is 2.75 bits per heavy atom. The molecule has 0 bridgehead atoms. The van der Waals surface area contributed by atoms with Gasteiger partial charge in [-0.2, -0.15) is 5.26 Å². The van der Waals surface area contributed by atoms with Gasteiger partial charge in [-0.15, -0.1) is 0 Å². The molecular formula is C13H17BrN2. The molecule has 0 aliphatic carbocycles. The van der Waals surface area contributed by atoms with Crippen LogP contribution < -0.4 is 4.90 Å². The largest absolute Gasteiger partial charge is 0.373 e. The Hall–Kier alpha value is -1.01. The number of hydrogen-bond donors (Lipinski definition) is 0. The van der Waals surface area contributed by atoms with Crippen molar-refractivity contribution >= 4 is 21.6 Å². The Morgan fingerprint density at radius 2 is 2.19 bits per heavy atom. The van der Waals surface area contributed by atoms with Gasteiger partial charge in [0.2, 0.25) is 0 Å². The molecule has 1 rings (SSSR count). The van der Waals surface area contributed by atoms with Gasteiger partial charge in [0.05, 0.1) is 11.3 Å². The molecule has 0 aliphatic rings. The molecule has 0 fully saturated rings. The molecule has 1 aromatic carbocycles. The minimum Gasteiger partial charge on any atom is -0.373 e. The Labute approximate surface area is 106 Å². The summed E-state index contributed by atoms with van der Waals surface area (Å²) < 4.78 is 1.01. The summed E-state index contributed by atoms with van der Waals surface area (Å²) in [6.45, 7) is 5.38. The number of hydrogen-bond acceptors (Lipinski definition) is 2. The first kappa shape index (κ1) is 13.1. The summed E-state index contributed by atoms with van der Waals surface area (Å²) in [5, 5.41) is 9.06. The number of nitriles is 1. The molecule has 0 heterocycles. The molecule has 1 aromatic rings. The zero-order chi connectivity index (χ0) is 12.1. The van der Waals surface area contributed by atoms with Crippen molar-refractivity contribution in [3.8, 4) is 6.07 Å². The fourth-order valence-corrected chi connectivity index (χ4v) is 1.96. The predicted molar refractivity (Wildman–Crippen MR) is 71.6 cm³/mol. The summed E-state index contributed by atoms with van der Waals surface area (Å²) >= 11 is 3.44. The maximum Gasteiger partial charge on any atom is 0.101 e. The number of nitrogens with zero attached hydrogens (tertiary/aromatic N) is 2. The lowest BCUT2D eigenvalue weighted by atomic mass is 10.1. The van der Waals surface area contributed by atoms with E-state index in [1.54, 1.807) is 0 Å². The first-order valence-corrected chi connectivity index (χ1v) is 6.28. The second-order valence-corrected chi connectivity index (χ2v) is 5.08. The molecule has 1 atom stereocenters. The van der Waals surface area contributed by atoms with Crippen LogP contribution in [0, 0.1) is 17.2 Å². The summed E-state index contributed by atoms with van der Waals surface area (Å²) in [4.78, 5) is 2.15. The average molecular weight is 281 g/mol. The number of anilines is 1. The molecule has 1 unspecified atom stereocenters. The molecule has 0 radical (unpaired) electrons. The summed E-state index contributed by atoms with van der Waals surface area (Å²) in [5.74, 6) is 0.635. The van der Waals surface area contributed by atoms with Crippen LogP contribution in [0.25, 0.3) is 0 Å². The summed E-state index contributed by atoms with van der Waals surface area (Å²) in [6, 6.07) is 7.99. The van der Waals surface area contributed by atoms with Crippen molar-refractivity contribution in [1.82, 2.24) is 0 Å². The van der Waals surface area contributed by atoms with Crippen molar-refractivity contribution in [3.05, 3.63) is 28.2 Å². The van der Waals surface area contributed by atoms with Gasteiger partial charge in [0.1, 0.15) is 6.07 Å². The van der Waals surface area contributed by atoms with Gasteiger partial charge in [0.25, 0.3) is 0 Å². The lowest BCUT2D eigenvalue weighted by Gasteiger charge is -2.23. The van der Waals surface area contributed by atoms with Gasteiger partial charge >= 0.3 is 0 Å². The third-order valence-corrected chi connectivity index (χ3v) is 3.27. The van der Waals surface area contributed by atoms with Gasteiger partial charge in [0.15, 0.2) is 0 Å². The molecule has 3 heteroatoms. The van der Waals surface area contributed by atoms with Crippen molar-refractivity contribution in [2.75, 3.05) is 18.5 Å². The van der Waals surface area contributed by atoms with E-state index in [4.69, 9.17) is 5.26 Å². The summed E-state index contributed by atoms with van der Waals surface area (Å²) in [7, 11) is 2.04. The number of benzene rings is 1. The highest BCUT2D eigenvalue weighted by Gasteiger charge is 2.10. The van der Waals surface area contributed by atoms with E-state index in [1.807, 2.05) is 25.2 Å². The van der Waals surface area contributed by atoms with E-state index in [9.17, 15) is 0 Å². The van der Waals surface area contributed by atoms with Crippen molar-refractivity contribution in [3.63, 3.8) is 0 Å². The number of halogens is 1. The van der Waals surface area contributed by atoms with E-state index >= 15 is 0 Å². The Bertz CT molecular complexity index is 395. The average Bonchev–Trinajstić information content (AvgIpc) is 2.28. The van der Waals surface area contributed by atoms with Crippen molar-refractivity contribution in [1.29, 1.82) is 5.26 Å². The maximum atomic E-state index is 9.06. The fraction of sp³-hybridized carbons (Fsp3) is 0.462. The smallest absolute Gasteiger partial charge is 0.101 e. The summed E-state index contributed by atoms with van der Waals surface area (Å²) in [6.07, 6.45) is 1.15. The van der Waals surface area contributed by atoms with Gasteiger partial charge in [-0.25, -0.2) is 0 Å². The van der Waals surface area contributed by atoms with Crippen LogP contribution in [0.2, 0.25) is 0 Å². The minimum absolute atomic E-state index is 0.635. The SMILES string of the molecule is CCC(C)CN(C)c1cc(Br)ccc1C#N. The van der Waals surface area contributed by atoms with Crippen LogP contribution in [0.15, 0.2) is 22.7 Å². The van der Waals surface area contributed by atoms with Crippen LogP contribution in [0.3, 0.4) is 0 Å². The first-order chi connectivity index (χ1) is 7.58. The second-order valence-electron chi connectivity index (χ2n) is 4.17. The first-order valence-electron chi connectivity index (χ1n) is 5.49. The quantitative estimate of drug-likeness (QED) is 0.839. The predicted octanol–water partition coefficient (Wildman–Crippen LogP) is 3.80. The molecule has 0 saturated heterocycles. The van der Waals surface area contributed by atoms with Gasteiger partial charge in [0, 0.05) is 18.1 Å². The van der Waals surface area contributed by atoms with Crippen molar-refractivity contribution in [2.45, 2.75) is 20.3 Å². The molecule has 16 heavy (non-hydrogen) atoms. The van der Waals surface area contributed by atoms with Crippen molar-refractivity contribution < 1.29 is 0 Å². The third kappa shape index (κ3) is 3.24. The Kier molecular flexibility index (Phi) is 4.82. The second kappa shape index (κ2) is 5.91. The highest BCUT2D eigenvalue weighted by Crippen LogP contribution is 2.24. The van der Waals surface area contributed by atoms with Gasteiger partial charge < -0.3 is 4.90 Å². The fourth-order valence-electron chi connectivity index (χ4n) is 1.61. The molecule has 0 amide bonds. The van der Waals surface area contributed by atoms with Crippen LogP contribution in [0.5, 0.6) is 0 Å². The zero-order valence-electron chi connectivity index (χ0n) is 10.00. The molecule has 0 aromatic heterocycles. The monoisotopic (exact) mass is 280 g/mol. The molecule has 2 nitrogen and oxygen atoms in total. The van der Waals surface area contributed by atoms with E-state index in [1.165, 1.54) is 0 Å². The van der Waals surface area contributed by atoms with E-state index in [0.29, 0.717) is 5.92 Å². The van der Waals surface area contributed by atoms with E-state index < -0.39 is 0 Å². The molecular weight excluding hydrogens is 264 g/mol. The molecule has 0 saturated carbocycles. The van der Waals surface area contributed by atoms with E-state index in [0.717, 1.165) is 28.7 Å². The number of rotatable bonds is 4. The summed E-state index contributed by atoms with van der Waals surface area (Å²) in [5.41, 5.74) is 1.73. The normalized spacial score (nSPS) is 11.9. The Balaban J connectivity index is 2.94. The van der Waals surface area contributed by atoms with Crippen LogP contribution >= 0.6 is 15.9 Å². The maximum absolute atomic E-state index is 9.06. The zero-order valence-corrected chi connectivity index (χ0v) is 11.6. The van der Waals surface area contributed by atoms with Gasteiger partial charge in [-0.05, 0) is 24.1 Å². The highest BCUT2D eigenvalue weighted by molar-refractivity contribution is 9.10. The third-order valence-electron chi connectivity index (χ3n) is 2.77. The van der Waals surface area contributed by atoms with Crippen LogP contribution in [-0.4, -0.2) is 13.6 Å². The highest BCUT2D eigenvalue weighted by atomic mass is 79.9. The topological polar surface area (TPSA) is 27.0 Å². The van der Waals surface area contributed by atoms with Crippen LogP contribution in [-0.2, 0) is 0 Å². The standard InChI is InChI=1S/C13H17BrN2/c1-4-10(2)9-16(3)13-7-12(14)6-5-11(13)8-15/h5-7,10H,4,9H2,1-3H3. The molecule has 0 spiro atoms.